The van der Waals surface area contributed by atoms with E-state index in [4.69, 9.17) is 0 Å². The molecule has 6 nitrogen and oxygen atoms in total. The zero-order valence-corrected chi connectivity index (χ0v) is 19.6. The van der Waals surface area contributed by atoms with Crippen LogP contribution in [0, 0.1) is 0 Å². The van der Waals surface area contributed by atoms with Gasteiger partial charge in [0.25, 0.3) is 0 Å². The minimum absolute atomic E-state index is 0. The van der Waals surface area contributed by atoms with Gasteiger partial charge in [0.15, 0.2) is 0 Å². The molecular weight excluding hydrogens is 421 g/mol. The van der Waals surface area contributed by atoms with Gasteiger partial charge in [-0.05, 0) is 38.5 Å². The molecule has 0 saturated heterocycles. The van der Waals surface area contributed by atoms with Gasteiger partial charge in [-0.15, -0.1) is 0 Å². The fourth-order valence-electron chi connectivity index (χ4n) is 1.47. The Kier molecular flexibility index (Phi) is 39.3. The van der Waals surface area contributed by atoms with Crippen LogP contribution in [-0.4, -0.2) is 18.5 Å². The molecule has 0 aromatic rings. The molecule has 0 saturated carbocycles. The van der Waals surface area contributed by atoms with Crippen LogP contribution >= 0.6 is 24.1 Å². The van der Waals surface area contributed by atoms with Crippen LogP contribution in [0.3, 0.4) is 0 Å². The van der Waals surface area contributed by atoms with Gasteiger partial charge >= 0.3 is 41.4 Å². The van der Waals surface area contributed by atoms with Crippen molar-refractivity contribution in [1.82, 2.24) is 0 Å². The Morgan fingerprint density at radius 1 is 0.520 bits per heavy atom. The molecular formula is C15H33CrO6P3+3. The van der Waals surface area contributed by atoms with E-state index in [2.05, 4.69) is 20.8 Å². The summed E-state index contributed by atoms with van der Waals surface area (Å²) in [5.41, 5.74) is 0. The summed E-state index contributed by atoms with van der Waals surface area (Å²) in [4.78, 5) is 29.7. The van der Waals surface area contributed by atoms with E-state index in [-0.39, 0.29) is 17.4 Å². The standard InChI is InChI=1S/3C5H11O2P.Cr/c3*1-2-3-4-5-8(6)7;/h3*2-5H2,1H3;/q;;;+3. The molecule has 0 aliphatic rings. The second kappa shape index (κ2) is 29.5. The van der Waals surface area contributed by atoms with Gasteiger partial charge in [0.05, 0.1) is 0 Å². The smallest absolute Gasteiger partial charge is 0.596 e. The van der Waals surface area contributed by atoms with E-state index in [1.165, 1.54) is 0 Å². The molecule has 0 aromatic carbocycles. The van der Waals surface area contributed by atoms with E-state index >= 15 is 0 Å². The topological polar surface area (TPSA) is 120 Å². The molecule has 10 heteroatoms. The van der Waals surface area contributed by atoms with Crippen LogP contribution in [-0.2, 0) is 31.1 Å². The zero-order chi connectivity index (χ0) is 19.2. The third kappa shape index (κ3) is 51.6. The molecule has 0 heterocycles. The Balaban J connectivity index is -0.000000130. The largest absolute Gasteiger partial charge is 3.00 e. The summed E-state index contributed by atoms with van der Waals surface area (Å²) in [5.74, 6) is 0. The summed E-state index contributed by atoms with van der Waals surface area (Å²) in [7, 11) is -6.34. The van der Waals surface area contributed by atoms with Crippen molar-refractivity contribution < 1.29 is 45.7 Å². The predicted molar refractivity (Wildman–Crippen MR) is 96.0 cm³/mol. The molecule has 0 aliphatic heterocycles. The minimum atomic E-state index is -2.11. The van der Waals surface area contributed by atoms with E-state index in [1.807, 2.05) is 0 Å². The average molecular weight is 454 g/mol. The second-order valence-corrected chi connectivity index (χ2v) is 8.63. The van der Waals surface area contributed by atoms with Crippen molar-refractivity contribution in [2.75, 3.05) is 18.5 Å². The third-order valence-corrected chi connectivity index (χ3v) is 4.88. The summed E-state index contributed by atoms with van der Waals surface area (Å²) >= 11 is 0. The van der Waals surface area contributed by atoms with Crippen LogP contribution in [0.25, 0.3) is 0 Å². The van der Waals surface area contributed by atoms with E-state index in [9.17, 15) is 28.4 Å². The van der Waals surface area contributed by atoms with Gasteiger partial charge in [-0.3, -0.25) is 0 Å². The Morgan fingerprint density at radius 2 is 0.720 bits per heavy atom. The number of hydrogen-bond acceptors (Lipinski definition) is 6. The molecule has 0 rings (SSSR count). The molecule has 1 radical (unpaired) electrons. The molecule has 3 unspecified atom stereocenters. The van der Waals surface area contributed by atoms with Gasteiger partial charge in [0.1, 0.15) is 18.5 Å². The second-order valence-electron chi connectivity index (χ2n) is 5.29. The summed E-state index contributed by atoms with van der Waals surface area (Å²) in [6, 6.07) is 0. The van der Waals surface area contributed by atoms with Crippen LogP contribution in [0.5, 0.6) is 0 Å². The van der Waals surface area contributed by atoms with Crippen LogP contribution in [0.1, 0.15) is 78.6 Å². The number of unbranched alkanes of at least 4 members (excludes halogenated alkanes) is 6. The van der Waals surface area contributed by atoms with Crippen molar-refractivity contribution in [2.24, 2.45) is 0 Å². The molecule has 147 valence electrons. The maximum absolute atomic E-state index is 9.91. The van der Waals surface area contributed by atoms with Crippen molar-refractivity contribution >= 4 is 24.1 Å². The number of hydrogen-bond donors (Lipinski definition) is 0. The molecule has 0 aromatic heterocycles. The first-order chi connectivity index (χ1) is 11.3. The fourth-order valence-corrected chi connectivity index (χ4v) is 2.92. The first-order valence-electron chi connectivity index (χ1n) is 8.67. The Hall–Kier alpha value is 0.712. The van der Waals surface area contributed by atoms with E-state index < -0.39 is 24.1 Å². The summed E-state index contributed by atoms with van der Waals surface area (Å²) in [5, 5.41) is 0. The predicted octanol–water partition coefficient (Wildman–Crippen LogP) is 3.84. The van der Waals surface area contributed by atoms with Crippen LogP contribution in [0.15, 0.2) is 0 Å². The summed E-state index contributed by atoms with van der Waals surface area (Å²) in [6.07, 6.45) is 9.93. The average Bonchev–Trinajstić information content (AvgIpc) is 2.48. The van der Waals surface area contributed by atoms with Crippen molar-refractivity contribution in [3.8, 4) is 0 Å². The van der Waals surface area contributed by atoms with E-state index in [1.54, 1.807) is 0 Å². The van der Waals surface area contributed by atoms with E-state index in [0.29, 0.717) is 18.5 Å². The number of rotatable bonds is 12. The van der Waals surface area contributed by atoms with Crippen molar-refractivity contribution in [1.29, 1.82) is 0 Å². The van der Waals surface area contributed by atoms with Crippen LogP contribution in [0.4, 0.5) is 0 Å². The quantitative estimate of drug-likeness (QED) is 0.326. The van der Waals surface area contributed by atoms with E-state index in [0.717, 1.165) is 57.8 Å². The van der Waals surface area contributed by atoms with Gasteiger partial charge < -0.3 is 14.7 Å². The molecule has 0 bridgehead atoms. The van der Waals surface area contributed by atoms with Gasteiger partial charge in [0.2, 0.25) is 0 Å². The van der Waals surface area contributed by atoms with Gasteiger partial charge in [-0.2, -0.15) is 0 Å². The SMILES string of the molecule is CCCCC[P+](=O)[O-].CCCCC[P+](=O)[O-].CCCCC[P+](=O)[O-].[Cr+3]. The van der Waals surface area contributed by atoms with Crippen molar-refractivity contribution in [2.45, 2.75) is 78.6 Å². The first-order valence-corrected chi connectivity index (χ1v) is 12.8. The fraction of sp³-hybridized carbons (Fsp3) is 1.00. The monoisotopic (exact) mass is 454 g/mol. The Labute approximate surface area is 166 Å². The normalized spacial score (nSPS) is 11.0. The van der Waals surface area contributed by atoms with Gasteiger partial charge in [-0.25, -0.2) is 0 Å². The molecule has 0 fully saturated rings. The van der Waals surface area contributed by atoms with Crippen molar-refractivity contribution in [3.63, 3.8) is 0 Å². The van der Waals surface area contributed by atoms with Gasteiger partial charge in [-0.1, -0.05) is 53.7 Å². The molecule has 25 heavy (non-hydrogen) atoms. The first kappa shape index (κ1) is 33.3. The Bertz CT molecular complexity index is 272. The molecule has 0 aliphatic carbocycles. The van der Waals surface area contributed by atoms with Crippen molar-refractivity contribution in [3.05, 3.63) is 0 Å². The Morgan fingerprint density at radius 3 is 0.840 bits per heavy atom. The zero-order valence-electron chi connectivity index (χ0n) is 15.7. The summed E-state index contributed by atoms with van der Waals surface area (Å²) in [6.45, 7) is 6.16. The van der Waals surface area contributed by atoms with Crippen LogP contribution in [0.2, 0.25) is 0 Å². The molecule has 0 amide bonds. The maximum atomic E-state index is 9.91. The van der Waals surface area contributed by atoms with Gasteiger partial charge in [0, 0.05) is 0 Å². The summed E-state index contributed by atoms with van der Waals surface area (Å²) < 4.78 is 29.7. The third-order valence-electron chi connectivity index (χ3n) is 2.83. The van der Waals surface area contributed by atoms with Crippen LogP contribution < -0.4 is 14.7 Å². The maximum Gasteiger partial charge on any atom is 3.00 e. The molecule has 0 N–H and O–H groups in total. The minimum Gasteiger partial charge on any atom is -0.596 e. The molecule has 0 spiro atoms. The molecule has 3 atom stereocenters.